The third-order valence-corrected chi connectivity index (χ3v) is 3.91. The van der Waals surface area contributed by atoms with Crippen molar-refractivity contribution in [3.05, 3.63) is 23.8 Å². The van der Waals surface area contributed by atoms with E-state index >= 15 is 0 Å². The Hall–Kier alpha value is -1.71. The lowest BCUT2D eigenvalue weighted by atomic mass is 9.87. The number of hydrogen-bond acceptors (Lipinski definition) is 3. The molecule has 0 aliphatic rings. The van der Waals surface area contributed by atoms with Crippen LogP contribution in [0.25, 0.3) is 0 Å². The molecule has 2 N–H and O–H groups in total. The Morgan fingerprint density at radius 2 is 1.75 bits per heavy atom. The maximum atomic E-state index is 12.5. The fourth-order valence-corrected chi connectivity index (χ4v) is 2.06. The zero-order chi connectivity index (χ0) is 15.7. The van der Waals surface area contributed by atoms with Crippen molar-refractivity contribution in [1.82, 2.24) is 4.90 Å². The maximum Gasteiger partial charge on any atom is 0.253 e. The number of nitrogens with two attached hydrogens (primary N) is 1. The Morgan fingerprint density at radius 3 is 2.15 bits per heavy atom. The zero-order valence-corrected chi connectivity index (χ0v) is 13.7. The van der Waals surface area contributed by atoms with Crippen molar-refractivity contribution < 1.29 is 4.79 Å². The minimum Gasteiger partial charge on any atom is -0.397 e. The van der Waals surface area contributed by atoms with Gasteiger partial charge in [0, 0.05) is 32.7 Å². The van der Waals surface area contributed by atoms with Crippen LogP contribution in [-0.2, 0) is 0 Å². The molecule has 112 valence electrons. The molecule has 0 spiro atoms. The molecule has 0 saturated heterocycles. The lowest BCUT2D eigenvalue weighted by Gasteiger charge is -2.35. The van der Waals surface area contributed by atoms with Gasteiger partial charge in [0.25, 0.3) is 5.91 Å². The van der Waals surface area contributed by atoms with Gasteiger partial charge in [0.15, 0.2) is 0 Å². The summed E-state index contributed by atoms with van der Waals surface area (Å²) >= 11 is 0. The highest BCUT2D eigenvalue weighted by Gasteiger charge is 2.27. The van der Waals surface area contributed by atoms with Crippen LogP contribution in [-0.4, -0.2) is 38.0 Å². The van der Waals surface area contributed by atoms with Gasteiger partial charge in [0.1, 0.15) is 0 Å². The predicted octanol–water partition coefficient (Wildman–Crippen LogP) is 2.84. The molecular weight excluding hydrogens is 250 g/mol. The smallest absolute Gasteiger partial charge is 0.253 e. The van der Waals surface area contributed by atoms with Crippen molar-refractivity contribution >= 4 is 17.3 Å². The van der Waals surface area contributed by atoms with Crippen LogP contribution >= 0.6 is 0 Å². The van der Waals surface area contributed by atoms with Crippen molar-refractivity contribution in [2.45, 2.75) is 33.7 Å². The number of anilines is 2. The number of benzene rings is 1. The van der Waals surface area contributed by atoms with Crippen molar-refractivity contribution in [3.63, 3.8) is 0 Å². The fraction of sp³-hybridized carbons (Fsp3) is 0.562. The molecule has 0 aliphatic carbocycles. The van der Waals surface area contributed by atoms with Gasteiger partial charge < -0.3 is 15.5 Å². The van der Waals surface area contributed by atoms with Gasteiger partial charge in [0.2, 0.25) is 0 Å². The summed E-state index contributed by atoms with van der Waals surface area (Å²) in [6.45, 7) is 8.45. The molecular formula is C16H27N3O. The number of nitrogen functional groups attached to an aromatic ring is 1. The Morgan fingerprint density at radius 1 is 1.20 bits per heavy atom. The van der Waals surface area contributed by atoms with Crippen LogP contribution in [0.5, 0.6) is 0 Å². The van der Waals surface area contributed by atoms with Crippen molar-refractivity contribution in [1.29, 1.82) is 0 Å². The van der Waals surface area contributed by atoms with Crippen LogP contribution in [0.1, 0.15) is 38.1 Å². The van der Waals surface area contributed by atoms with Gasteiger partial charge in [-0.15, -0.1) is 0 Å². The second-order valence-corrected chi connectivity index (χ2v) is 6.63. The quantitative estimate of drug-likeness (QED) is 0.864. The fourth-order valence-electron chi connectivity index (χ4n) is 2.06. The number of hydrogen-bond donors (Lipinski definition) is 1. The van der Waals surface area contributed by atoms with Crippen LogP contribution < -0.4 is 10.6 Å². The summed E-state index contributed by atoms with van der Waals surface area (Å²) in [5.41, 5.74) is 8.23. The first kappa shape index (κ1) is 16.3. The molecule has 4 nitrogen and oxygen atoms in total. The summed E-state index contributed by atoms with van der Waals surface area (Å²) in [5.74, 6) is 0.00410. The highest BCUT2D eigenvalue weighted by molar-refractivity contribution is 5.96. The number of nitrogens with zero attached hydrogens (tertiary/aromatic N) is 2. The molecule has 1 aromatic rings. The van der Waals surface area contributed by atoms with Crippen molar-refractivity contribution in [2.24, 2.45) is 5.41 Å². The number of carbonyl (C=O) groups excluding carboxylic acids is 1. The van der Waals surface area contributed by atoms with E-state index in [0.29, 0.717) is 11.3 Å². The molecule has 1 rings (SSSR count). The first-order valence-electron chi connectivity index (χ1n) is 6.89. The standard InChI is InChI=1S/C16H27N3O/c1-11(16(2,3)4)19(7)15(20)12-8-9-14(18(5)6)13(17)10-12/h8-11H,17H2,1-7H3. The molecule has 1 atom stereocenters. The average molecular weight is 277 g/mol. The van der Waals surface area contributed by atoms with Crippen LogP contribution in [0.3, 0.4) is 0 Å². The highest BCUT2D eigenvalue weighted by atomic mass is 16.2. The van der Waals surface area contributed by atoms with E-state index in [1.807, 2.05) is 38.2 Å². The van der Waals surface area contributed by atoms with Crippen molar-refractivity contribution in [2.75, 3.05) is 31.8 Å². The second kappa shape index (κ2) is 5.73. The van der Waals surface area contributed by atoms with E-state index in [1.54, 1.807) is 11.0 Å². The highest BCUT2D eigenvalue weighted by Crippen LogP contribution is 2.26. The third-order valence-electron chi connectivity index (χ3n) is 3.91. The largest absolute Gasteiger partial charge is 0.397 e. The SMILES string of the molecule is CC(N(C)C(=O)c1ccc(N(C)C)c(N)c1)C(C)(C)C. The van der Waals surface area contributed by atoms with Crippen LogP contribution in [0.2, 0.25) is 0 Å². The summed E-state index contributed by atoms with van der Waals surface area (Å²) in [4.78, 5) is 16.2. The van der Waals surface area contributed by atoms with Gasteiger partial charge in [-0.25, -0.2) is 0 Å². The topological polar surface area (TPSA) is 49.6 Å². The Balaban J connectivity index is 3.01. The predicted molar refractivity (Wildman–Crippen MR) is 86.2 cm³/mol. The van der Waals surface area contributed by atoms with E-state index in [2.05, 4.69) is 27.7 Å². The lowest BCUT2D eigenvalue weighted by molar-refractivity contribution is 0.0629. The Labute approximate surface area is 122 Å². The minimum atomic E-state index is 0.00410. The summed E-state index contributed by atoms with van der Waals surface area (Å²) < 4.78 is 0. The molecule has 20 heavy (non-hydrogen) atoms. The molecule has 0 aliphatic heterocycles. The molecule has 0 aromatic heterocycles. The van der Waals surface area contributed by atoms with E-state index in [4.69, 9.17) is 5.73 Å². The van der Waals surface area contributed by atoms with E-state index in [9.17, 15) is 4.79 Å². The molecule has 1 unspecified atom stereocenters. The van der Waals surface area contributed by atoms with Gasteiger partial charge in [-0.1, -0.05) is 20.8 Å². The average Bonchev–Trinajstić information content (AvgIpc) is 2.34. The molecule has 0 heterocycles. The number of carbonyl (C=O) groups is 1. The lowest BCUT2D eigenvalue weighted by Crippen LogP contribution is -2.43. The van der Waals surface area contributed by atoms with Crippen LogP contribution in [0.15, 0.2) is 18.2 Å². The normalized spacial score (nSPS) is 12.9. The molecule has 0 saturated carbocycles. The molecule has 1 amide bonds. The van der Waals surface area contributed by atoms with Gasteiger partial charge in [-0.05, 0) is 30.5 Å². The zero-order valence-electron chi connectivity index (χ0n) is 13.7. The first-order valence-corrected chi connectivity index (χ1v) is 6.89. The summed E-state index contributed by atoms with van der Waals surface area (Å²) in [7, 11) is 5.70. The molecule has 4 heteroatoms. The molecule has 1 aromatic carbocycles. The second-order valence-electron chi connectivity index (χ2n) is 6.63. The van der Waals surface area contributed by atoms with E-state index < -0.39 is 0 Å². The third kappa shape index (κ3) is 3.44. The van der Waals surface area contributed by atoms with Gasteiger partial charge in [-0.2, -0.15) is 0 Å². The van der Waals surface area contributed by atoms with E-state index in [1.165, 1.54) is 0 Å². The molecule has 0 fully saturated rings. The summed E-state index contributed by atoms with van der Waals surface area (Å²) in [6, 6.07) is 5.62. The Kier molecular flexibility index (Phi) is 4.69. The number of amides is 1. The first-order chi connectivity index (χ1) is 9.05. The molecule has 0 radical (unpaired) electrons. The van der Waals surface area contributed by atoms with Crippen LogP contribution in [0, 0.1) is 5.41 Å². The molecule has 0 bridgehead atoms. The Bertz CT molecular complexity index is 489. The summed E-state index contributed by atoms with van der Waals surface area (Å²) in [5, 5.41) is 0. The van der Waals surface area contributed by atoms with E-state index in [-0.39, 0.29) is 17.4 Å². The van der Waals surface area contributed by atoms with Gasteiger partial charge in [-0.3, -0.25) is 4.79 Å². The summed E-state index contributed by atoms with van der Waals surface area (Å²) in [6.07, 6.45) is 0. The maximum absolute atomic E-state index is 12.5. The number of rotatable bonds is 3. The minimum absolute atomic E-state index is 0.00410. The van der Waals surface area contributed by atoms with Crippen LogP contribution in [0.4, 0.5) is 11.4 Å². The van der Waals surface area contributed by atoms with E-state index in [0.717, 1.165) is 5.69 Å². The van der Waals surface area contributed by atoms with Gasteiger partial charge in [0.05, 0.1) is 11.4 Å². The van der Waals surface area contributed by atoms with Crippen molar-refractivity contribution in [3.8, 4) is 0 Å². The monoisotopic (exact) mass is 277 g/mol. The van der Waals surface area contributed by atoms with Gasteiger partial charge >= 0.3 is 0 Å².